The lowest BCUT2D eigenvalue weighted by Crippen LogP contribution is -2.48. The molecular formula is C17H29N3O. The summed E-state index contributed by atoms with van der Waals surface area (Å²) in [5.74, 6) is 0. The van der Waals surface area contributed by atoms with Crippen LogP contribution in [0.4, 0.5) is 5.69 Å². The van der Waals surface area contributed by atoms with E-state index in [9.17, 15) is 5.11 Å². The number of nitrogens with two attached hydrogens (primary N) is 1. The van der Waals surface area contributed by atoms with Crippen molar-refractivity contribution in [2.24, 2.45) is 5.73 Å². The van der Waals surface area contributed by atoms with Gasteiger partial charge in [0.25, 0.3) is 0 Å². The zero-order valence-electron chi connectivity index (χ0n) is 13.6. The van der Waals surface area contributed by atoms with Gasteiger partial charge < -0.3 is 15.7 Å². The molecule has 0 saturated carbocycles. The summed E-state index contributed by atoms with van der Waals surface area (Å²) in [5, 5.41) is 9.99. The van der Waals surface area contributed by atoms with Gasteiger partial charge in [0.1, 0.15) is 0 Å². The third kappa shape index (κ3) is 4.19. The van der Waals surface area contributed by atoms with Crippen LogP contribution in [0.15, 0.2) is 18.2 Å². The van der Waals surface area contributed by atoms with Gasteiger partial charge in [0.05, 0.1) is 5.60 Å². The largest absolute Gasteiger partial charge is 0.389 e. The minimum atomic E-state index is -0.732. The highest BCUT2D eigenvalue weighted by atomic mass is 16.3. The molecule has 2 rings (SSSR count). The van der Waals surface area contributed by atoms with Crippen molar-refractivity contribution in [2.75, 3.05) is 44.2 Å². The van der Waals surface area contributed by atoms with Gasteiger partial charge in [0, 0.05) is 45.0 Å². The van der Waals surface area contributed by atoms with E-state index in [1.807, 2.05) is 6.92 Å². The van der Waals surface area contributed by atoms with Crippen LogP contribution in [0.5, 0.6) is 0 Å². The zero-order chi connectivity index (χ0) is 15.5. The van der Waals surface area contributed by atoms with Crippen molar-refractivity contribution >= 4 is 5.69 Å². The van der Waals surface area contributed by atoms with Crippen molar-refractivity contribution < 1.29 is 5.11 Å². The van der Waals surface area contributed by atoms with E-state index in [4.69, 9.17) is 5.73 Å². The molecule has 4 heteroatoms. The molecule has 1 aliphatic rings. The highest BCUT2D eigenvalue weighted by Crippen LogP contribution is 2.24. The molecule has 0 aromatic heterocycles. The third-order valence-corrected chi connectivity index (χ3v) is 4.70. The first-order chi connectivity index (χ1) is 9.93. The standard InChI is InChI=1S/C17H29N3O/c1-14-5-4-6-16(15(14)2)20-11-9-19(10-12-20)8-7-17(3,21)13-18/h4-6,21H,7-13,18H2,1-3H3. The second-order valence-electron chi connectivity index (χ2n) is 6.50. The van der Waals surface area contributed by atoms with E-state index in [0.717, 1.165) is 39.1 Å². The number of piperazine rings is 1. The monoisotopic (exact) mass is 291 g/mol. The molecule has 0 amide bonds. The highest BCUT2D eigenvalue weighted by molar-refractivity contribution is 5.56. The molecule has 118 valence electrons. The summed E-state index contributed by atoms with van der Waals surface area (Å²) in [7, 11) is 0. The van der Waals surface area contributed by atoms with Crippen molar-refractivity contribution in [2.45, 2.75) is 32.8 Å². The number of benzene rings is 1. The van der Waals surface area contributed by atoms with Crippen LogP contribution in [-0.4, -0.2) is 54.9 Å². The van der Waals surface area contributed by atoms with Gasteiger partial charge in [0.2, 0.25) is 0 Å². The van der Waals surface area contributed by atoms with Gasteiger partial charge in [-0.25, -0.2) is 0 Å². The Morgan fingerprint density at radius 2 is 1.86 bits per heavy atom. The van der Waals surface area contributed by atoms with E-state index < -0.39 is 5.60 Å². The van der Waals surface area contributed by atoms with Crippen molar-refractivity contribution in [1.29, 1.82) is 0 Å². The van der Waals surface area contributed by atoms with Crippen LogP contribution in [0.1, 0.15) is 24.5 Å². The fraction of sp³-hybridized carbons (Fsp3) is 0.647. The van der Waals surface area contributed by atoms with Crippen LogP contribution < -0.4 is 10.6 Å². The molecule has 4 nitrogen and oxygen atoms in total. The summed E-state index contributed by atoms with van der Waals surface area (Å²) in [6.45, 7) is 11.6. The molecule has 0 aliphatic carbocycles. The smallest absolute Gasteiger partial charge is 0.0753 e. The number of aryl methyl sites for hydroxylation is 1. The summed E-state index contributed by atoms with van der Waals surface area (Å²) in [4.78, 5) is 4.89. The van der Waals surface area contributed by atoms with Crippen LogP contribution in [-0.2, 0) is 0 Å². The molecule has 1 unspecified atom stereocenters. The van der Waals surface area contributed by atoms with Crippen LogP contribution in [0.25, 0.3) is 0 Å². The van der Waals surface area contributed by atoms with E-state index in [0.29, 0.717) is 6.54 Å². The number of hydrogen-bond acceptors (Lipinski definition) is 4. The van der Waals surface area contributed by atoms with E-state index in [-0.39, 0.29) is 0 Å². The van der Waals surface area contributed by atoms with Gasteiger partial charge in [-0.15, -0.1) is 0 Å². The lowest BCUT2D eigenvalue weighted by molar-refractivity contribution is 0.0470. The predicted octanol–water partition coefficient (Wildman–Crippen LogP) is 1.53. The van der Waals surface area contributed by atoms with Crippen LogP contribution in [0, 0.1) is 13.8 Å². The van der Waals surface area contributed by atoms with E-state index in [2.05, 4.69) is 41.8 Å². The van der Waals surface area contributed by atoms with Gasteiger partial charge in [-0.2, -0.15) is 0 Å². The Kier molecular flexibility index (Phi) is 5.25. The average Bonchev–Trinajstić information content (AvgIpc) is 2.49. The second-order valence-corrected chi connectivity index (χ2v) is 6.50. The van der Waals surface area contributed by atoms with Crippen molar-refractivity contribution in [1.82, 2.24) is 4.90 Å². The van der Waals surface area contributed by atoms with Crippen LogP contribution in [0.3, 0.4) is 0 Å². The van der Waals surface area contributed by atoms with Gasteiger partial charge >= 0.3 is 0 Å². The average molecular weight is 291 g/mol. The lowest BCUT2D eigenvalue weighted by atomic mass is 10.0. The fourth-order valence-electron chi connectivity index (χ4n) is 2.79. The molecule has 1 aromatic rings. The summed E-state index contributed by atoms with van der Waals surface area (Å²) in [6, 6.07) is 6.53. The maximum Gasteiger partial charge on any atom is 0.0753 e. The Labute approximate surface area is 128 Å². The maximum absolute atomic E-state index is 9.99. The Morgan fingerprint density at radius 3 is 2.48 bits per heavy atom. The molecule has 1 saturated heterocycles. The van der Waals surface area contributed by atoms with Gasteiger partial charge in [0.15, 0.2) is 0 Å². The molecule has 1 atom stereocenters. The first-order valence-electron chi connectivity index (χ1n) is 7.89. The van der Waals surface area contributed by atoms with E-state index in [1.165, 1.54) is 16.8 Å². The van der Waals surface area contributed by atoms with E-state index in [1.54, 1.807) is 0 Å². The molecule has 3 N–H and O–H groups in total. The molecule has 0 bridgehead atoms. The summed E-state index contributed by atoms with van der Waals surface area (Å²) >= 11 is 0. The summed E-state index contributed by atoms with van der Waals surface area (Å²) in [5.41, 5.74) is 8.95. The van der Waals surface area contributed by atoms with Crippen molar-refractivity contribution in [3.8, 4) is 0 Å². The van der Waals surface area contributed by atoms with Crippen molar-refractivity contribution in [3.63, 3.8) is 0 Å². The normalized spacial score (nSPS) is 19.6. The number of nitrogens with zero attached hydrogens (tertiary/aromatic N) is 2. The number of aliphatic hydroxyl groups is 1. The Hall–Kier alpha value is -1.10. The molecule has 1 heterocycles. The minimum absolute atomic E-state index is 0.329. The van der Waals surface area contributed by atoms with Crippen molar-refractivity contribution in [3.05, 3.63) is 29.3 Å². The Morgan fingerprint density at radius 1 is 1.19 bits per heavy atom. The molecule has 21 heavy (non-hydrogen) atoms. The van der Waals surface area contributed by atoms with Gasteiger partial charge in [-0.05, 0) is 44.4 Å². The summed E-state index contributed by atoms with van der Waals surface area (Å²) < 4.78 is 0. The van der Waals surface area contributed by atoms with Crippen LogP contribution >= 0.6 is 0 Å². The molecule has 1 fully saturated rings. The lowest BCUT2D eigenvalue weighted by Gasteiger charge is -2.38. The van der Waals surface area contributed by atoms with Crippen LogP contribution in [0.2, 0.25) is 0 Å². The predicted molar refractivity (Wildman–Crippen MR) is 88.9 cm³/mol. The third-order valence-electron chi connectivity index (χ3n) is 4.70. The van der Waals surface area contributed by atoms with Gasteiger partial charge in [-0.3, -0.25) is 4.90 Å². The zero-order valence-corrected chi connectivity index (χ0v) is 13.6. The first kappa shape index (κ1) is 16.3. The highest BCUT2D eigenvalue weighted by Gasteiger charge is 2.22. The minimum Gasteiger partial charge on any atom is -0.389 e. The number of rotatable bonds is 5. The quantitative estimate of drug-likeness (QED) is 0.864. The molecule has 0 radical (unpaired) electrons. The maximum atomic E-state index is 9.99. The molecule has 0 spiro atoms. The fourth-order valence-corrected chi connectivity index (χ4v) is 2.79. The molecule has 1 aliphatic heterocycles. The second kappa shape index (κ2) is 6.77. The topological polar surface area (TPSA) is 52.7 Å². The number of hydrogen-bond donors (Lipinski definition) is 2. The molecule has 1 aromatic carbocycles. The summed E-state index contributed by atoms with van der Waals surface area (Å²) in [6.07, 6.45) is 0.743. The van der Waals surface area contributed by atoms with Gasteiger partial charge in [-0.1, -0.05) is 12.1 Å². The first-order valence-corrected chi connectivity index (χ1v) is 7.89. The Bertz CT molecular complexity index is 465. The van der Waals surface area contributed by atoms with E-state index >= 15 is 0 Å². The molecular weight excluding hydrogens is 262 g/mol. The SMILES string of the molecule is Cc1cccc(N2CCN(CCC(C)(O)CN)CC2)c1C. The Balaban J connectivity index is 1.87. The number of anilines is 1.